The lowest BCUT2D eigenvalue weighted by Gasteiger charge is -2.15. The van der Waals surface area contributed by atoms with Crippen molar-refractivity contribution in [2.75, 3.05) is 10.9 Å². The van der Waals surface area contributed by atoms with Crippen molar-refractivity contribution in [3.8, 4) is 5.75 Å². The summed E-state index contributed by atoms with van der Waals surface area (Å²) in [4.78, 5) is 12.4. The Morgan fingerprint density at radius 1 is 1.05 bits per heavy atom. The van der Waals surface area contributed by atoms with Crippen LogP contribution in [0.4, 0.5) is 5.69 Å². The molecule has 1 aliphatic rings. The number of fused-ring (bicyclic) bond motifs is 1. The number of sulfonamides is 1. The Hall–Kier alpha value is -2.34. The molecule has 1 aliphatic heterocycles. The van der Waals surface area contributed by atoms with Crippen LogP contribution >= 0.6 is 0 Å². The zero-order chi connectivity index (χ0) is 15.0. The molecule has 5 nitrogen and oxygen atoms in total. The van der Waals surface area contributed by atoms with Gasteiger partial charge in [0.25, 0.3) is 15.9 Å². The summed E-state index contributed by atoms with van der Waals surface area (Å²) in [6.45, 7) is 2.38. The molecule has 0 spiro atoms. The number of hydrogen-bond donors (Lipinski definition) is 0. The smallest absolute Gasteiger partial charge is 0.273 e. The minimum absolute atomic E-state index is 0.0453. The monoisotopic (exact) mass is 303 g/mol. The average Bonchev–Trinajstić information content (AvgIpc) is 2.68. The summed E-state index contributed by atoms with van der Waals surface area (Å²) in [7, 11) is -3.83. The molecule has 6 heteroatoms. The van der Waals surface area contributed by atoms with Crippen LogP contribution in [0.25, 0.3) is 0 Å². The molecule has 21 heavy (non-hydrogen) atoms. The molecule has 1 heterocycles. The van der Waals surface area contributed by atoms with Gasteiger partial charge in [-0.25, -0.2) is 8.42 Å². The molecule has 108 valence electrons. The third kappa shape index (κ3) is 2.08. The van der Waals surface area contributed by atoms with Crippen LogP contribution < -0.4 is 9.04 Å². The van der Waals surface area contributed by atoms with Gasteiger partial charge in [0.05, 0.1) is 17.9 Å². The lowest BCUT2D eigenvalue weighted by atomic mass is 10.2. The Morgan fingerprint density at radius 2 is 1.71 bits per heavy atom. The molecular formula is C15H13NO4S. The third-order valence-electron chi connectivity index (χ3n) is 3.20. The van der Waals surface area contributed by atoms with E-state index in [0.717, 1.165) is 4.31 Å². The molecule has 0 unspecified atom stereocenters. The van der Waals surface area contributed by atoms with Gasteiger partial charge < -0.3 is 4.74 Å². The summed E-state index contributed by atoms with van der Waals surface area (Å²) in [6, 6.07) is 12.6. The molecule has 0 atom stereocenters. The maximum absolute atomic E-state index is 12.5. The first kappa shape index (κ1) is 13.6. The van der Waals surface area contributed by atoms with E-state index in [1.54, 1.807) is 36.4 Å². The van der Waals surface area contributed by atoms with Crippen molar-refractivity contribution >= 4 is 21.6 Å². The number of carbonyl (C=O) groups excluding carboxylic acids is 1. The number of rotatable bonds is 3. The predicted octanol–water partition coefficient (Wildman–Crippen LogP) is 2.43. The van der Waals surface area contributed by atoms with Gasteiger partial charge in [-0.05, 0) is 43.3 Å². The van der Waals surface area contributed by atoms with E-state index in [1.807, 2.05) is 6.92 Å². The maximum Gasteiger partial charge on any atom is 0.273 e. The molecule has 0 aliphatic carbocycles. The summed E-state index contributed by atoms with van der Waals surface area (Å²) >= 11 is 0. The fraction of sp³-hybridized carbons (Fsp3) is 0.133. The van der Waals surface area contributed by atoms with Gasteiger partial charge in [-0.3, -0.25) is 4.79 Å². The number of hydrogen-bond acceptors (Lipinski definition) is 4. The zero-order valence-electron chi connectivity index (χ0n) is 11.3. The number of amides is 1. The topological polar surface area (TPSA) is 63.7 Å². The Labute approximate surface area is 122 Å². The fourth-order valence-electron chi connectivity index (χ4n) is 2.29. The summed E-state index contributed by atoms with van der Waals surface area (Å²) in [5.74, 6) is 0.0950. The van der Waals surface area contributed by atoms with E-state index in [4.69, 9.17) is 4.74 Å². The van der Waals surface area contributed by atoms with Crippen molar-refractivity contribution in [1.29, 1.82) is 0 Å². The molecule has 0 saturated carbocycles. The molecule has 0 fully saturated rings. The van der Waals surface area contributed by atoms with Crippen molar-refractivity contribution in [3.63, 3.8) is 0 Å². The summed E-state index contributed by atoms with van der Waals surface area (Å²) in [5, 5.41) is 0. The van der Waals surface area contributed by atoms with Crippen LogP contribution in [0.2, 0.25) is 0 Å². The van der Waals surface area contributed by atoms with Gasteiger partial charge in [0.2, 0.25) is 0 Å². The van der Waals surface area contributed by atoms with Crippen molar-refractivity contribution in [1.82, 2.24) is 0 Å². The highest BCUT2D eigenvalue weighted by Crippen LogP contribution is 2.34. The van der Waals surface area contributed by atoms with Crippen LogP contribution in [0.3, 0.4) is 0 Å². The van der Waals surface area contributed by atoms with Crippen LogP contribution in [-0.2, 0) is 10.0 Å². The van der Waals surface area contributed by atoms with E-state index in [2.05, 4.69) is 0 Å². The van der Waals surface area contributed by atoms with Gasteiger partial charge in [0.15, 0.2) is 0 Å². The Morgan fingerprint density at radius 3 is 2.33 bits per heavy atom. The van der Waals surface area contributed by atoms with Crippen LogP contribution in [0, 0.1) is 0 Å². The number of benzene rings is 2. The van der Waals surface area contributed by atoms with E-state index in [9.17, 15) is 13.2 Å². The van der Waals surface area contributed by atoms with Crippen molar-refractivity contribution < 1.29 is 17.9 Å². The predicted molar refractivity (Wildman–Crippen MR) is 78.0 cm³/mol. The van der Waals surface area contributed by atoms with E-state index in [0.29, 0.717) is 18.0 Å². The molecule has 2 aromatic carbocycles. The maximum atomic E-state index is 12.5. The normalized spacial score (nSPS) is 15.9. The van der Waals surface area contributed by atoms with Crippen molar-refractivity contribution in [3.05, 3.63) is 54.1 Å². The first-order valence-corrected chi connectivity index (χ1v) is 7.91. The summed E-state index contributed by atoms with van der Waals surface area (Å²) in [5.41, 5.74) is 0.506. The first-order valence-electron chi connectivity index (χ1n) is 6.47. The Bertz CT molecular complexity index is 797. The summed E-state index contributed by atoms with van der Waals surface area (Å²) < 4.78 is 31.1. The van der Waals surface area contributed by atoms with Crippen LogP contribution in [0.15, 0.2) is 53.4 Å². The largest absolute Gasteiger partial charge is 0.494 e. The van der Waals surface area contributed by atoms with Gasteiger partial charge in [0, 0.05) is 0 Å². The lowest BCUT2D eigenvalue weighted by molar-refractivity contribution is 0.101. The summed E-state index contributed by atoms with van der Waals surface area (Å²) in [6.07, 6.45) is 0. The SMILES string of the molecule is CCOc1ccc(N2C(=O)c3ccccc3S2(=O)=O)cc1. The van der Waals surface area contributed by atoms with E-state index < -0.39 is 15.9 Å². The second kappa shape index (κ2) is 4.89. The molecule has 0 radical (unpaired) electrons. The molecule has 0 N–H and O–H groups in total. The van der Waals surface area contributed by atoms with Gasteiger partial charge in [-0.2, -0.15) is 4.31 Å². The molecule has 1 amide bonds. The molecule has 3 rings (SSSR count). The van der Waals surface area contributed by atoms with Crippen molar-refractivity contribution in [2.45, 2.75) is 11.8 Å². The first-order chi connectivity index (χ1) is 10.1. The minimum atomic E-state index is -3.83. The highest BCUT2D eigenvalue weighted by Gasteiger charge is 2.41. The number of anilines is 1. The lowest BCUT2D eigenvalue weighted by Crippen LogP contribution is -2.29. The van der Waals surface area contributed by atoms with Gasteiger partial charge in [-0.1, -0.05) is 12.1 Å². The average molecular weight is 303 g/mol. The second-order valence-corrected chi connectivity index (χ2v) is 6.25. The van der Waals surface area contributed by atoms with E-state index >= 15 is 0 Å². The molecular weight excluding hydrogens is 290 g/mol. The quantitative estimate of drug-likeness (QED) is 0.873. The number of carbonyl (C=O) groups is 1. The molecule has 2 aromatic rings. The van der Waals surface area contributed by atoms with Crippen LogP contribution in [0.5, 0.6) is 5.75 Å². The molecule has 0 bridgehead atoms. The standard InChI is InChI=1S/C15H13NO4S/c1-2-20-12-9-7-11(8-10-12)16-15(17)13-5-3-4-6-14(13)21(16,18)19/h3-10H,2H2,1H3. The highest BCUT2D eigenvalue weighted by molar-refractivity contribution is 7.94. The molecule has 0 aromatic heterocycles. The van der Waals surface area contributed by atoms with Crippen LogP contribution in [-0.4, -0.2) is 20.9 Å². The number of ether oxygens (including phenoxy) is 1. The molecule has 0 saturated heterocycles. The Balaban J connectivity index is 2.06. The highest BCUT2D eigenvalue weighted by atomic mass is 32.2. The third-order valence-corrected chi connectivity index (χ3v) is 4.97. The second-order valence-electron chi connectivity index (χ2n) is 4.50. The van der Waals surface area contributed by atoms with Gasteiger partial charge in [-0.15, -0.1) is 0 Å². The van der Waals surface area contributed by atoms with E-state index in [1.165, 1.54) is 12.1 Å². The Kier molecular flexibility index (Phi) is 3.17. The zero-order valence-corrected chi connectivity index (χ0v) is 12.1. The van der Waals surface area contributed by atoms with Gasteiger partial charge >= 0.3 is 0 Å². The minimum Gasteiger partial charge on any atom is -0.494 e. The fourth-order valence-corrected chi connectivity index (χ4v) is 3.88. The van der Waals surface area contributed by atoms with Crippen molar-refractivity contribution in [2.24, 2.45) is 0 Å². The van der Waals surface area contributed by atoms with Crippen LogP contribution in [0.1, 0.15) is 17.3 Å². The van der Waals surface area contributed by atoms with Gasteiger partial charge in [0.1, 0.15) is 10.6 Å². The number of nitrogens with zero attached hydrogens (tertiary/aromatic N) is 1. The van der Waals surface area contributed by atoms with E-state index in [-0.39, 0.29) is 10.5 Å².